The lowest BCUT2D eigenvalue weighted by Gasteiger charge is -2.20. The minimum absolute atomic E-state index is 0.0115. The van der Waals surface area contributed by atoms with E-state index in [9.17, 15) is 9.59 Å². The number of pyridine rings is 1. The van der Waals surface area contributed by atoms with Crippen LogP contribution in [0.3, 0.4) is 0 Å². The Morgan fingerprint density at radius 3 is 2.88 bits per heavy atom. The number of carbonyl (C=O) groups is 1. The van der Waals surface area contributed by atoms with Gasteiger partial charge in [0.05, 0.1) is 6.07 Å². The summed E-state index contributed by atoms with van der Waals surface area (Å²) in [5.74, 6) is -0.534. The Morgan fingerprint density at radius 2 is 2.38 bits per heavy atom. The second kappa shape index (κ2) is 4.62. The Kier molecular flexibility index (Phi) is 3.46. The summed E-state index contributed by atoms with van der Waals surface area (Å²) in [6, 6.07) is 3.27. The standard InChI is InChI=1S/C11H13N3O2/c1-3-11(2,7-12)14-10(16)8-6-13-5-4-9(8)15/h4-6H,3H2,1-2H3,(H,13,15)(H,14,16). The van der Waals surface area contributed by atoms with Crippen molar-refractivity contribution in [3.05, 3.63) is 34.2 Å². The number of carbonyl (C=O) groups excluding carboxylic acids is 1. The number of nitrogens with zero attached hydrogens (tertiary/aromatic N) is 1. The Labute approximate surface area is 93.1 Å². The Hall–Kier alpha value is -2.09. The van der Waals surface area contributed by atoms with Crippen molar-refractivity contribution >= 4 is 5.91 Å². The number of rotatable bonds is 3. The summed E-state index contributed by atoms with van der Waals surface area (Å²) in [4.78, 5) is 25.7. The molecule has 0 aromatic carbocycles. The highest BCUT2D eigenvalue weighted by molar-refractivity contribution is 5.94. The van der Waals surface area contributed by atoms with Crippen LogP contribution in [-0.4, -0.2) is 16.4 Å². The van der Waals surface area contributed by atoms with Crippen molar-refractivity contribution in [1.82, 2.24) is 10.3 Å². The van der Waals surface area contributed by atoms with Crippen molar-refractivity contribution in [2.75, 3.05) is 0 Å². The summed E-state index contributed by atoms with van der Waals surface area (Å²) in [7, 11) is 0. The van der Waals surface area contributed by atoms with Crippen LogP contribution in [0.1, 0.15) is 30.6 Å². The lowest BCUT2D eigenvalue weighted by Crippen LogP contribution is -2.45. The van der Waals surface area contributed by atoms with Gasteiger partial charge in [-0.3, -0.25) is 9.59 Å². The van der Waals surface area contributed by atoms with Gasteiger partial charge in [-0.1, -0.05) is 6.92 Å². The minimum Gasteiger partial charge on any atom is -0.367 e. The topological polar surface area (TPSA) is 85.8 Å². The summed E-state index contributed by atoms with van der Waals surface area (Å²) >= 11 is 0. The van der Waals surface area contributed by atoms with E-state index in [4.69, 9.17) is 5.26 Å². The van der Waals surface area contributed by atoms with Crippen molar-refractivity contribution in [2.45, 2.75) is 25.8 Å². The maximum Gasteiger partial charge on any atom is 0.257 e. The van der Waals surface area contributed by atoms with E-state index in [0.717, 1.165) is 0 Å². The van der Waals surface area contributed by atoms with E-state index in [2.05, 4.69) is 10.3 Å². The highest BCUT2D eigenvalue weighted by Gasteiger charge is 2.25. The zero-order chi connectivity index (χ0) is 12.2. The molecule has 5 heteroatoms. The Balaban J connectivity index is 2.94. The molecule has 84 valence electrons. The second-order valence-electron chi connectivity index (χ2n) is 3.67. The lowest BCUT2D eigenvalue weighted by atomic mass is 10.0. The molecule has 5 nitrogen and oxygen atoms in total. The van der Waals surface area contributed by atoms with Crippen LogP contribution >= 0.6 is 0 Å². The first-order chi connectivity index (χ1) is 7.52. The number of hydrogen-bond donors (Lipinski definition) is 2. The quantitative estimate of drug-likeness (QED) is 0.788. The van der Waals surface area contributed by atoms with E-state index in [0.29, 0.717) is 6.42 Å². The molecule has 1 aromatic rings. The van der Waals surface area contributed by atoms with Gasteiger partial charge in [-0.2, -0.15) is 5.26 Å². The number of nitriles is 1. The third kappa shape index (κ3) is 2.48. The van der Waals surface area contributed by atoms with Gasteiger partial charge < -0.3 is 10.3 Å². The molecule has 2 N–H and O–H groups in total. The number of hydrogen-bond acceptors (Lipinski definition) is 3. The van der Waals surface area contributed by atoms with Crippen molar-refractivity contribution in [3.8, 4) is 6.07 Å². The molecular formula is C11H13N3O2. The molecule has 1 aromatic heterocycles. The SMILES string of the molecule is CCC(C)(C#N)NC(=O)c1c[nH]ccc1=O. The molecule has 0 aliphatic carbocycles. The first-order valence-corrected chi connectivity index (χ1v) is 4.93. The van der Waals surface area contributed by atoms with Gasteiger partial charge >= 0.3 is 0 Å². The van der Waals surface area contributed by atoms with E-state index >= 15 is 0 Å². The van der Waals surface area contributed by atoms with Gasteiger partial charge in [0.15, 0.2) is 5.43 Å². The predicted molar refractivity (Wildman–Crippen MR) is 58.8 cm³/mol. The largest absolute Gasteiger partial charge is 0.367 e. The van der Waals surface area contributed by atoms with Gasteiger partial charge in [-0.25, -0.2) is 0 Å². The molecule has 0 aliphatic rings. The fourth-order valence-electron chi connectivity index (χ4n) is 1.11. The molecule has 1 amide bonds. The highest BCUT2D eigenvalue weighted by atomic mass is 16.2. The van der Waals surface area contributed by atoms with E-state index in [1.54, 1.807) is 13.8 Å². The smallest absolute Gasteiger partial charge is 0.257 e. The van der Waals surface area contributed by atoms with Crippen LogP contribution in [-0.2, 0) is 0 Å². The van der Waals surface area contributed by atoms with Crippen LogP contribution in [0.4, 0.5) is 0 Å². The first kappa shape index (κ1) is 12.0. The van der Waals surface area contributed by atoms with Gasteiger partial charge in [0.2, 0.25) is 0 Å². The van der Waals surface area contributed by atoms with Gasteiger partial charge in [0.1, 0.15) is 11.1 Å². The molecule has 1 rings (SSSR count). The number of nitrogens with one attached hydrogen (secondary N) is 2. The van der Waals surface area contributed by atoms with Crippen LogP contribution in [0.15, 0.2) is 23.3 Å². The van der Waals surface area contributed by atoms with Crippen LogP contribution in [0.5, 0.6) is 0 Å². The molecule has 0 aliphatic heterocycles. The molecule has 0 radical (unpaired) electrons. The summed E-state index contributed by atoms with van der Waals surface area (Å²) in [6.07, 6.45) is 3.24. The summed E-state index contributed by atoms with van der Waals surface area (Å²) in [6.45, 7) is 3.40. The van der Waals surface area contributed by atoms with Gasteiger partial charge in [0, 0.05) is 18.5 Å². The Morgan fingerprint density at radius 1 is 1.69 bits per heavy atom. The maximum absolute atomic E-state index is 11.7. The molecule has 0 spiro atoms. The van der Waals surface area contributed by atoms with Gasteiger partial charge in [0.25, 0.3) is 5.91 Å². The average Bonchev–Trinajstić information content (AvgIpc) is 2.29. The minimum atomic E-state index is -0.945. The third-order valence-electron chi connectivity index (χ3n) is 2.41. The van der Waals surface area contributed by atoms with Crippen molar-refractivity contribution in [3.63, 3.8) is 0 Å². The van der Waals surface area contributed by atoms with E-state index in [1.165, 1.54) is 18.5 Å². The maximum atomic E-state index is 11.7. The molecule has 0 saturated carbocycles. The van der Waals surface area contributed by atoms with Crippen LogP contribution in [0.2, 0.25) is 0 Å². The fraction of sp³-hybridized carbons (Fsp3) is 0.364. The molecule has 1 heterocycles. The lowest BCUT2D eigenvalue weighted by molar-refractivity contribution is 0.0921. The van der Waals surface area contributed by atoms with Crippen molar-refractivity contribution < 1.29 is 4.79 Å². The first-order valence-electron chi connectivity index (χ1n) is 4.93. The van der Waals surface area contributed by atoms with E-state index in [1.807, 2.05) is 6.07 Å². The molecule has 0 fully saturated rings. The summed E-state index contributed by atoms with van der Waals surface area (Å²) < 4.78 is 0. The van der Waals surface area contributed by atoms with Gasteiger partial charge in [-0.15, -0.1) is 0 Å². The van der Waals surface area contributed by atoms with Crippen molar-refractivity contribution in [1.29, 1.82) is 5.26 Å². The number of amides is 1. The van der Waals surface area contributed by atoms with Crippen molar-refractivity contribution in [2.24, 2.45) is 0 Å². The normalized spacial score (nSPS) is 13.6. The predicted octanol–water partition coefficient (Wildman–Crippen LogP) is 0.797. The molecular weight excluding hydrogens is 206 g/mol. The summed E-state index contributed by atoms with van der Waals surface area (Å²) in [5.41, 5.74) is -1.30. The van der Waals surface area contributed by atoms with E-state index < -0.39 is 11.4 Å². The average molecular weight is 219 g/mol. The second-order valence-corrected chi connectivity index (χ2v) is 3.67. The molecule has 0 bridgehead atoms. The fourth-order valence-corrected chi connectivity index (χ4v) is 1.11. The molecule has 1 atom stereocenters. The summed E-state index contributed by atoms with van der Waals surface area (Å²) in [5, 5.41) is 11.4. The molecule has 16 heavy (non-hydrogen) atoms. The zero-order valence-electron chi connectivity index (χ0n) is 9.20. The van der Waals surface area contributed by atoms with Gasteiger partial charge in [-0.05, 0) is 13.3 Å². The van der Waals surface area contributed by atoms with Crippen LogP contribution in [0, 0.1) is 11.3 Å². The third-order valence-corrected chi connectivity index (χ3v) is 2.41. The van der Waals surface area contributed by atoms with Crippen LogP contribution in [0.25, 0.3) is 0 Å². The molecule has 0 saturated heterocycles. The Bertz CT molecular complexity index is 486. The number of H-pyrrole nitrogens is 1. The zero-order valence-corrected chi connectivity index (χ0v) is 9.20. The number of aromatic nitrogens is 1. The highest BCUT2D eigenvalue weighted by Crippen LogP contribution is 2.07. The van der Waals surface area contributed by atoms with E-state index in [-0.39, 0.29) is 11.0 Å². The monoisotopic (exact) mass is 219 g/mol. The van der Waals surface area contributed by atoms with Crippen LogP contribution < -0.4 is 10.7 Å². The number of aromatic amines is 1. The molecule has 1 unspecified atom stereocenters.